The van der Waals surface area contributed by atoms with Gasteiger partial charge in [-0.2, -0.15) is 0 Å². The van der Waals surface area contributed by atoms with Gasteiger partial charge in [-0.05, 0) is 0 Å². The van der Waals surface area contributed by atoms with Crippen molar-refractivity contribution >= 4 is 22.0 Å². The third kappa shape index (κ3) is 3.37. The molecule has 0 bridgehead atoms. The third-order valence-corrected chi connectivity index (χ3v) is 17.5. The molecule has 3 heteroatoms. The van der Waals surface area contributed by atoms with E-state index in [0.29, 0.717) is 0 Å². The number of benzene rings is 2. The molecule has 0 radical (unpaired) electrons. The molecule has 2 rings (SSSR count). The second-order valence-corrected chi connectivity index (χ2v) is 16.5. The summed E-state index contributed by atoms with van der Waals surface area (Å²) in [5.41, 5.74) is -0.0440. The van der Waals surface area contributed by atoms with Crippen molar-refractivity contribution in [1.29, 1.82) is 0 Å². The summed E-state index contributed by atoms with van der Waals surface area (Å²) in [6.45, 7) is 13.7. The Bertz CT molecular complexity index is 693. The van der Waals surface area contributed by atoms with Gasteiger partial charge >= 0.3 is 156 Å². The Morgan fingerprint density at radius 2 is 1.12 bits per heavy atom. The van der Waals surface area contributed by atoms with Crippen LogP contribution < -0.4 is 10.4 Å². The summed E-state index contributed by atoms with van der Waals surface area (Å²) >= 11 is -1.80. The number of hydrogen-bond donors (Lipinski definition) is 0. The van der Waals surface area contributed by atoms with E-state index in [1.165, 1.54) is 13.9 Å². The van der Waals surface area contributed by atoms with Crippen molar-refractivity contribution in [2.45, 2.75) is 46.6 Å². The average Bonchev–Trinajstić information content (AvgIpc) is 2.51. The summed E-state index contributed by atoms with van der Waals surface area (Å²) in [6, 6.07) is 21.7. The first-order valence-corrected chi connectivity index (χ1v) is 13.1. The molecular weight excluding hydrogens is 480 g/mol. The van der Waals surface area contributed by atoms with E-state index >= 15 is 0 Å². The van der Waals surface area contributed by atoms with Gasteiger partial charge in [-0.25, -0.2) is 0 Å². The molecule has 0 saturated carbocycles. The van der Waals surface area contributed by atoms with E-state index in [2.05, 4.69) is 102 Å². The van der Waals surface area contributed by atoms with E-state index < -0.39 is 26.1 Å². The SMILES string of the molecule is CC(C)(C)[C](=[W]=[O])[Si](c1ccccc1)(c1ccccc1)C(C)(C)C. The van der Waals surface area contributed by atoms with Crippen LogP contribution in [0.15, 0.2) is 60.7 Å². The summed E-state index contributed by atoms with van der Waals surface area (Å²) in [7, 11) is -2.34. The van der Waals surface area contributed by atoms with Crippen LogP contribution >= 0.6 is 0 Å². The molecule has 0 fully saturated rings. The zero-order valence-electron chi connectivity index (χ0n) is 15.6. The standard InChI is InChI=1S/C21H28Si.O.W/c1-20(2,3)17-22(21(4,5)6,18-13-9-7-10-14-18)19-15-11-8-12-16-19;;/h7-16H,1-6H3;;. The fraction of sp³-hybridized carbons (Fsp3) is 0.381. The first-order valence-electron chi connectivity index (χ1n) is 8.44. The predicted molar refractivity (Wildman–Crippen MR) is 103 cm³/mol. The van der Waals surface area contributed by atoms with Gasteiger partial charge < -0.3 is 0 Å². The predicted octanol–water partition coefficient (Wildman–Crippen LogP) is 4.24. The molecule has 0 atom stereocenters. The van der Waals surface area contributed by atoms with Gasteiger partial charge in [-0.3, -0.25) is 0 Å². The molecule has 2 aromatic rings. The van der Waals surface area contributed by atoms with Crippen LogP contribution in [0.1, 0.15) is 41.5 Å². The molecule has 0 unspecified atom stereocenters. The molecule has 0 aliphatic rings. The van der Waals surface area contributed by atoms with Gasteiger partial charge in [0.25, 0.3) is 0 Å². The van der Waals surface area contributed by atoms with Crippen molar-refractivity contribution < 1.29 is 21.5 Å². The van der Waals surface area contributed by atoms with Crippen molar-refractivity contribution in [3.63, 3.8) is 0 Å². The fourth-order valence-electron chi connectivity index (χ4n) is 3.76. The van der Waals surface area contributed by atoms with Gasteiger partial charge in [0.1, 0.15) is 0 Å². The average molecular weight is 508 g/mol. The Labute approximate surface area is 155 Å². The van der Waals surface area contributed by atoms with E-state index in [9.17, 15) is 3.40 Å². The Balaban J connectivity index is 3.00. The summed E-state index contributed by atoms with van der Waals surface area (Å²) in [6.07, 6.45) is 0. The number of hydrogen-bond acceptors (Lipinski definition) is 1. The topological polar surface area (TPSA) is 17.1 Å². The van der Waals surface area contributed by atoms with Crippen molar-refractivity contribution in [2.75, 3.05) is 0 Å². The van der Waals surface area contributed by atoms with Gasteiger partial charge in [0.05, 0.1) is 0 Å². The Morgan fingerprint density at radius 1 is 0.750 bits per heavy atom. The molecule has 0 saturated heterocycles. The zero-order valence-corrected chi connectivity index (χ0v) is 19.5. The second-order valence-electron chi connectivity index (χ2n) is 8.39. The molecule has 0 aliphatic heterocycles. The maximum atomic E-state index is 12.7. The molecule has 2 aromatic carbocycles. The molecule has 0 amide bonds. The number of rotatable bonds is 3. The Hall–Kier alpha value is -0.985. The van der Waals surface area contributed by atoms with Crippen LogP contribution in [0, 0.1) is 5.41 Å². The van der Waals surface area contributed by atoms with Crippen LogP contribution in [0.3, 0.4) is 0 Å². The summed E-state index contributed by atoms with van der Waals surface area (Å²) in [5.74, 6) is 0. The molecule has 24 heavy (non-hydrogen) atoms. The van der Waals surface area contributed by atoms with E-state index in [0.717, 1.165) is 0 Å². The first-order chi connectivity index (χ1) is 11.2. The van der Waals surface area contributed by atoms with Crippen LogP contribution in [0.2, 0.25) is 5.04 Å². The molecule has 128 valence electrons. The van der Waals surface area contributed by atoms with E-state index in [4.69, 9.17) is 0 Å². The van der Waals surface area contributed by atoms with Crippen LogP contribution in [0.5, 0.6) is 0 Å². The molecular formula is C21H28OSiW. The van der Waals surface area contributed by atoms with Crippen molar-refractivity contribution in [1.82, 2.24) is 0 Å². The molecule has 0 aromatic heterocycles. The summed E-state index contributed by atoms with van der Waals surface area (Å²) in [4.78, 5) is 0. The van der Waals surface area contributed by atoms with Gasteiger partial charge in [0, 0.05) is 0 Å². The minimum absolute atomic E-state index is 0.0440. The Kier molecular flexibility index (Phi) is 5.72. The quantitative estimate of drug-likeness (QED) is 0.568. The van der Waals surface area contributed by atoms with Gasteiger partial charge in [-0.1, -0.05) is 0 Å². The van der Waals surface area contributed by atoms with Crippen LogP contribution in [0.25, 0.3) is 0 Å². The monoisotopic (exact) mass is 508 g/mol. The minimum atomic E-state index is -2.34. The molecule has 1 nitrogen and oxygen atoms in total. The molecule has 0 spiro atoms. The van der Waals surface area contributed by atoms with E-state index in [-0.39, 0.29) is 10.5 Å². The normalized spacial score (nSPS) is 12.8. The Morgan fingerprint density at radius 3 is 1.38 bits per heavy atom. The third-order valence-electron chi connectivity index (χ3n) is 4.64. The van der Waals surface area contributed by atoms with Crippen LogP contribution in [0.4, 0.5) is 0 Å². The van der Waals surface area contributed by atoms with Crippen LogP contribution in [-0.4, -0.2) is 11.6 Å². The van der Waals surface area contributed by atoms with E-state index in [1.807, 2.05) is 0 Å². The van der Waals surface area contributed by atoms with Gasteiger partial charge in [-0.15, -0.1) is 0 Å². The van der Waals surface area contributed by atoms with Gasteiger partial charge in [0.2, 0.25) is 0 Å². The van der Waals surface area contributed by atoms with Gasteiger partial charge in [0.15, 0.2) is 0 Å². The van der Waals surface area contributed by atoms with Crippen molar-refractivity contribution in [3.05, 3.63) is 60.7 Å². The molecule has 0 heterocycles. The maximum absolute atomic E-state index is 12.7. The van der Waals surface area contributed by atoms with E-state index in [1.54, 1.807) is 0 Å². The molecule has 0 N–H and O–H groups in total. The first kappa shape index (κ1) is 19.3. The van der Waals surface area contributed by atoms with Crippen molar-refractivity contribution in [3.8, 4) is 0 Å². The fourth-order valence-corrected chi connectivity index (χ4v) is 17.8. The van der Waals surface area contributed by atoms with Crippen LogP contribution in [-0.2, 0) is 21.5 Å². The zero-order chi connectivity index (χ0) is 18.0. The second kappa shape index (κ2) is 7.10. The summed E-state index contributed by atoms with van der Waals surface area (Å²) < 4.78 is 14.0. The molecule has 0 aliphatic carbocycles. The summed E-state index contributed by atoms with van der Waals surface area (Å²) in [5, 5.41) is 2.80. The van der Waals surface area contributed by atoms with Crippen molar-refractivity contribution in [2.24, 2.45) is 5.41 Å².